The van der Waals surface area contributed by atoms with Crippen LogP contribution in [0.4, 0.5) is 0 Å². The van der Waals surface area contributed by atoms with Crippen LogP contribution in [0.1, 0.15) is 29.6 Å². The maximum absolute atomic E-state index is 4.34. The van der Waals surface area contributed by atoms with Gasteiger partial charge in [-0.05, 0) is 19.4 Å². The number of hydrogen-bond acceptors (Lipinski definition) is 5. The van der Waals surface area contributed by atoms with E-state index in [2.05, 4.69) is 25.1 Å². The van der Waals surface area contributed by atoms with Gasteiger partial charge in [0.1, 0.15) is 17.2 Å². The quantitative estimate of drug-likeness (QED) is 0.898. The first-order chi connectivity index (χ1) is 8.42. The highest BCUT2D eigenvalue weighted by Crippen LogP contribution is 2.25. The van der Waals surface area contributed by atoms with Crippen molar-refractivity contribution in [1.29, 1.82) is 0 Å². The largest absolute Gasteiger partial charge is 0.296 e. The third-order valence-corrected chi connectivity index (χ3v) is 3.93. The SMILES string of the molecule is c1n[nH]c(C2CCCN(Cc3nccs3)C2)n1. The lowest BCUT2D eigenvalue weighted by Gasteiger charge is -2.30. The summed E-state index contributed by atoms with van der Waals surface area (Å²) in [6.07, 6.45) is 5.88. The maximum atomic E-state index is 4.34. The molecule has 1 N–H and O–H groups in total. The number of rotatable bonds is 3. The van der Waals surface area contributed by atoms with E-state index in [0.29, 0.717) is 5.92 Å². The highest BCUT2D eigenvalue weighted by Gasteiger charge is 2.23. The van der Waals surface area contributed by atoms with Crippen LogP contribution >= 0.6 is 11.3 Å². The topological polar surface area (TPSA) is 57.7 Å². The Morgan fingerprint density at radius 1 is 1.47 bits per heavy atom. The van der Waals surface area contributed by atoms with Gasteiger partial charge in [0, 0.05) is 24.0 Å². The van der Waals surface area contributed by atoms with Crippen molar-refractivity contribution in [3.63, 3.8) is 0 Å². The molecule has 0 bridgehead atoms. The minimum Gasteiger partial charge on any atom is -0.296 e. The van der Waals surface area contributed by atoms with E-state index in [4.69, 9.17) is 0 Å². The summed E-state index contributed by atoms with van der Waals surface area (Å²) in [5.74, 6) is 1.51. The lowest BCUT2D eigenvalue weighted by Crippen LogP contribution is -2.34. The van der Waals surface area contributed by atoms with Gasteiger partial charge in [-0.15, -0.1) is 11.3 Å². The van der Waals surface area contributed by atoms with Gasteiger partial charge < -0.3 is 0 Å². The predicted molar refractivity (Wildman–Crippen MR) is 65.7 cm³/mol. The number of nitrogens with zero attached hydrogens (tertiary/aromatic N) is 4. The summed E-state index contributed by atoms with van der Waals surface area (Å²) in [6.45, 7) is 3.17. The molecule has 0 aliphatic carbocycles. The number of likely N-dealkylation sites (tertiary alicyclic amines) is 1. The van der Waals surface area contributed by atoms with Gasteiger partial charge in [-0.1, -0.05) is 0 Å². The zero-order chi connectivity index (χ0) is 11.5. The molecular weight excluding hydrogens is 234 g/mol. The van der Waals surface area contributed by atoms with Crippen LogP contribution in [0.25, 0.3) is 0 Å². The number of hydrogen-bond donors (Lipinski definition) is 1. The van der Waals surface area contributed by atoms with Crippen molar-refractivity contribution < 1.29 is 0 Å². The smallest absolute Gasteiger partial charge is 0.137 e. The first kappa shape index (κ1) is 10.9. The Morgan fingerprint density at radius 3 is 3.24 bits per heavy atom. The Morgan fingerprint density at radius 2 is 2.47 bits per heavy atom. The standard InChI is InChI=1S/C11H15N5S/c1-2-9(11-13-8-14-15-11)6-16(4-1)7-10-12-3-5-17-10/h3,5,8-9H,1-2,4,6-7H2,(H,13,14,15). The van der Waals surface area contributed by atoms with Gasteiger partial charge in [0.15, 0.2) is 0 Å². The first-order valence-corrected chi connectivity index (χ1v) is 6.76. The highest BCUT2D eigenvalue weighted by molar-refractivity contribution is 7.09. The first-order valence-electron chi connectivity index (χ1n) is 5.88. The molecule has 3 heterocycles. The fraction of sp³-hybridized carbons (Fsp3) is 0.545. The number of aromatic nitrogens is 4. The third kappa shape index (κ3) is 2.53. The molecule has 1 aliphatic rings. The van der Waals surface area contributed by atoms with E-state index in [1.54, 1.807) is 17.7 Å². The van der Waals surface area contributed by atoms with E-state index in [1.165, 1.54) is 17.8 Å². The summed E-state index contributed by atoms with van der Waals surface area (Å²) in [7, 11) is 0. The summed E-state index contributed by atoms with van der Waals surface area (Å²) in [5.41, 5.74) is 0. The normalized spacial score (nSPS) is 21.8. The van der Waals surface area contributed by atoms with Crippen molar-refractivity contribution in [1.82, 2.24) is 25.1 Å². The lowest BCUT2D eigenvalue weighted by atomic mass is 9.97. The zero-order valence-corrected chi connectivity index (χ0v) is 10.4. The van der Waals surface area contributed by atoms with E-state index in [1.807, 2.05) is 11.6 Å². The van der Waals surface area contributed by atoms with Crippen LogP contribution < -0.4 is 0 Å². The molecule has 1 unspecified atom stereocenters. The number of H-pyrrole nitrogens is 1. The Bertz CT molecular complexity index is 438. The number of thiazole rings is 1. The molecule has 0 spiro atoms. The number of nitrogens with one attached hydrogen (secondary N) is 1. The lowest BCUT2D eigenvalue weighted by molar-refractivity contribution is 0.196. The van der Waals surface area contributed by atoms with Crippen LogP contribution in [-0.2, 0) is 6.54 Å². The van der Waals surface area contributed by atoms with Crippen molar-refractivity contribution in [2.75, 3.05) is 13.1 Å². The van der Waals surface area contributed by atoms with Crippen molar-refractivity contribution in [2.24, 2.45) is 0 Å². The molecule has 3 rings (SSSR count). The maximum Gasteiger partial charge on any atom is 0.137 e. The Hall–Kier alpha value is -1.27. The molecule has 2 aromatic rings. The molecule has 1 fully saturated rings. The van der Waals surface area contributed by atoms with Crippen LogP contribution in [0, 0.1) is 0 Å². The summed E-state index contributed by atoms with van der Waals surface area (Å²) < 4.78 is 0. The molecule has 5 nitrogen and oxygen atoms in total. The fourth-order valence-electron chi connectivity index (χ4n) is 2.36. The Balaban J connectivity index is 1.64. The van der Waals surface area contributed by atoms with Gasteiger partial charge in [-0.3, -0.25) is 10.00 Å². The van der Waals surface area contributed by atoms with Gasteiger partial charge in [0.05, 0.1) is 6.54 Å². The van der Waals surface area contributed by atoms with Crippen molar-refractivity contribution in [2.45, 2.75) is 25.3 Å². The molecule has 17 heavy (non-hydrogen) atoms. The summed E-state index contributed by atoms with van der Waals surface area (Å²) in [4.78, 5) is 11.1. The molecular formula is C11H15N5S. The monoisotopic (exact) mass is 249 g/mol. The Kier molecular flexibility index (Phi) is 3.15. The second kappa shape index (κ2) is 4.93. The molecule has 6 heteroatoms. The zero-order valence-electron chi connectivity index (χ0n) is 9.54. The number of piperidine rings is 1. The van der Waals surface area contributed by atoms with Gasteiger partial charge in [0.25, 0.3) is 0 Å². The second-order valence-electron chi connectivity index (χ2n) is 4.37. The molecule has 90 valence electrons. The van der Waals surface area contributed by atoms with Crippen molar-refractivity contribution in [3.8, 4) is 0 Å². The molecule has 0 radical (unpaired) electrons. The minimum absolute atomic E-state index is 0.492. The van der Waals surface area contributed by atoms with Crippen molar-refractivity contribution >= 4 is 11.3 Å². The van der Waals surface area contributed by atoms with E-state index in [-0.39, 0.29) is 0 Å². The van der Waals surface area contributed by atoms with Gasteiger partial charge >= 0.3 is 0 Å². The molecule has 2 aromatic heterocycles. The van der Waals surface area contributed by atoms with Gasteiger partial charge in [-0.2, -0.15) is 5.10 Å². The van der Waals surface area contributed by atoms with Gasteiger partial charge in [-0.25, -0.2) is 9.97 Å². The second-order valence-corrected chi connectivity index (χ2v) is 5.35. The van der Waals surface area contributed by atoms with E-state index in [9.17, 15) is 0 Å². The summed E-state index contributed by atoms with van der Waals surface area (Å²) in [6, 6.07) is 0. The van der Waals surface area contributed by atoms with Crippen molar-refractivity contribution in [3.05, 3.63) is 28.7 Å². The van der Waals surface area contributed by atoms with E-state index in [0.717, 1.165) is 25.5 Å². The van der Waals surface area contributed by atoms with Crippen LogP contribution in [0.3, 0.4) is 0 Å². The van der Waals surface area contributed by atoms with Crippen LogP contribution in [0.5, 0.6) is 0 Å². The molecule has 1 atom stereocenters. The average Bonchev–Trinajstić information content (AvgIpc) is 3.01. The molecule has 1 aliphatic heterocycles. The fourth-order valence-corrected chi connectivity index (χ4v) is 3.01. The number of aromatic amines is 1. The molecule has 1 saturated heterocycles. The summed E-state index contributed by atoms with van der Waals surface area (Å²) >= 11 is 1.73. The Labute approximate surface area is 104 Å². The van der Waals surface area contributed by atoms with Crippen LogP contribution in [0.15, 0.2) is 17.9 Å². The average molecular weight is 249 g/mol. The molecule has 0 saturated carbocycles. The predicted octanol–water partition coefficient (Wildman–Crippen LogP) is 1.64. The van der Waals surface area contributed by atoms with Gasteiger partial charge in [0.2, 0.25) is 0 Å². The van der Waals surface area contributed by atoms with Crippen LogP contribution in [-0.4, -0.2) is 38.2 Å². The highest BCUT2D eigenvalue weighted by atomic mass is 32.1. The molecule has 0 amide bonds. The minimum atomic E-state index is 0.492. The third-order valence-electron chi connectivity index (χ3n) is 3.17. The van der Waals surface area contributed by atoms with E-state index >= 15 is 0 Å². The van der Waals surface area contributed by atoms with Crippen LogP contribution in [0.2, 0.25) is 0 Å². The summed E-state index contributed by atoms with van der Waals surface area (Å²) in [5, 5.41) is 10.2. The molecule has 0 aromatic carbocycles. The van der Waals surface area contributed by atoms with E-state index < -0.39 is 0 Å².